The molecule has 2 aromatic rings. The molecule has 3 aliphatic carbocycles. The third-order valence-corrected chi connectivity index (χ3v) is 7.99. The number of fused-ring (bicyclic) bond motifs is 5. The van der Waals surface area contributed by atoms with E-state index in [4.69, 9.17) is 0 Å². The van der Waals surface area contributed by atoms with E-state index in [0.717, 1.165) is 55.5 Å². The zero-order valence-electron chi connectivity index (χ0n) is 17.6. The molecule has 0 amide bonds. The highest BCUT2D eigenvalue weighted by molar-refractivity contribution is 6.06. The second-order valence-corrected chi connectivity index (χ2v) is 9.48. The van der Waals surface area contributed by atoms with Crippen LogP contribution >= 0.6 is 0 Å². The summed E-state index contributed by atoms with van der Waals surface area (Å²) in [5.41, 5.74) is 5.56. The van der Waals surface area contributed by atoms with Crippen LogP contribution in [0, 0.1) is 24.2 Å². The van der Waals surface area contributed by atoms with Gasteiger partial charge in [-0.2, -0.15) is 5.10 Å². The lowest BCUT2D eigenvalue weighted by atomic mass is 9.55. The molecule has 4 nitrogen and oxygen atoms in total. The molecule has 3 aliphatic rings. The first-order valence-electron chi connectivity index (χ1n) is 11.0. The third kappa shape index (κ3) is 2.79. The van der Waals surface area contributed by atoms with Gasteiger partial charge in [0.05, 0.1) is 5.69 Å². The van der Waals surface area contributed by atoms with E-state index in [0.29, 0.717) is 29.3 Å². The average molecular weight is 391 g/mol. The molecular formula is C25H30N2O2. The summed E-state index contributed by atoms with van der Waals surface area (Å²) in [6.45, 7) is 7.17. The van der Waals surface area contributed by atoms with E-state index in [1.165, 1.54) is 11.1 Å². The van der Waals surface area contributed by atoms with Crippen LogP contribution in [0.5, 0.6) is 5.75 Å². The van der Waals surface area contributed by atoms with E-state index >= 15 is 0 Å². The molecule has 4 heteroatoms. The summed E-state index contributed by atoms with van der Waals surface area (Å²) in [7, 11) is 0. The van der Waals surface area contributed by atoms with Crippen LogP contribution in [0.15, 0.2) is 30.0 Å². The van der Waals surface area contributed by atoms with Gasteiger partial charge in [0, 0.05) is 23.7 Å². The summed E-state index contributed by atoms with van der Waals surface area (Å²) in [5.74, 6) is 2.23. The predicted octanol–water partition coefficient (Wildman–Crippen LogP) is 5.04. The SMILES string of the molecule is CCn1cc(/C=C2\C[C@@H]3[C@@H]4CCc5cc(O)ccc5[C@@H]4CC[C@]3(C)C2=O)c(C)n1. The third-order valence-electron chi connectivity index (χ3n) is 7.99. The molecule has 0 spiro atoms. The highest BCUT2D eigenvalue weighted by atomic mass is 16.3. The van der Waals surface area contributed by atoms with E-state index in [1.54, 1.807) is 0 Å². The number of allylic oxidation sites excluding steroid dienone is 1. The van der Waals surface area contributed by atoms with Crippen LogP contribution in [0.4, 0.5) is 0 Å². The van der Waals surface area contributed by atoms with E-state index in [9.17, 15) is 9.90 Å². The lowest BCUT2D eigenvalue weighted by molar-refractivity contribution is -0.127. The van der Waals surface area contributed by atoms with Crippen molar-refractivity contribution in [2.75, 3.05) is 0 Å². The number of nitrogens with zero attached hydrogens (tertiary/aromatic N) is 2. The number of carbonyl (C=O) groups excluding carboxylic acids is 1. The molecule has 0 radical (unpaired) electrons. The Kier molecular flexibility index (Phi) is 4.23. The molecule has 0 unspecified atom stereocenters. The van der Waals surface area contributed by atoms with Crippen molar-refractivity contribution in [2.24, 2.45) is 17.3 Å². The number of aromatic hydroxyl groups is 1. The highest BCUT2D eigenvalue weighted by Crippen LogP contribution is 2.60. The van der Waals surface area contributed by atoms with Gasteiger partial charge in [-0.15, -0.1) is 0 Å². The number of rotatable bonds is 2. The van der Waals surface area contributed by atoms with Crippen LogP contribution in [-0.4, -0.2) is 20.7 Å². The molecule has 29 heavy (non-hydrogen) atoms. The maximum absolute atomic E-state index is 13.5. The predicted molar refractivity (Wildman–Crippen MR) is 114 cm³/mol. The number of phenolic OH excluding ortho intramolecular Hbond substituents is 1. The molecule has 1 aromatic carbocycles. The van der Waals surface area contributed by atoms with E-state index in [1.807, 2.05) is 23.7 Å². The first-order chi connectivity index (χ1) is 13.9. The van der Waals surface area contributed by atoms with Crippen molar-refractivity contribution < 1.29 is 9.90 Å². The quantitative estimate of drug-likeness (QED) is 0.731. The summed E-state index contributed by atoms with van der Waals surface area (Å²) >= 11 is 0. The zero-order valence-corrected chi connectivity index (χ0v) is 17.6. The van der Waals surface area contributed by atoms with E-state index < -0.39 is 0 Å². The maximum atomic E-state index is 13.5. The number of benzene rings is 1. The van der Waals surface area contributed by atoms with Gasteiger partial charge in [0.2, 0.25) is 0 Å². The normalized spacial score (nSPS) is 32.2. The minimum absolute atomic E-state index is 0.226. The van der Waals surface area contributed by atoms with Crippen molar-refractivity contribution in [3.63, 3.8) is 0 Å². The Morgan fingerprint density at radius 2 is 2.17 bits per heavy atom. The molecule has 152 valence electrons. The monoisotopic (exact) mass is 390 g/mol. The van der Waals surface area contributed by atoms with Crippen LogP contribution in [-0.2, 0) is 17.8 Å². The van der Waals surface area contributed by atoms with Crippen molar-refractivity contribution >= 4 is 11.9 Å². The molecule has 0 aliphatic heterocycles. The second kappa shape index (κ2) is 6.58. The second-order valence-electron chi connectivity index (χ2n) is 9.48. The van der Waals surface area contributed by atoms with Gasteiger partial charge < -0.3 is 5.11 Å². The summed E-state index contributed by atoms with van der Waals surface area (Å²) < 4.78 is 1.94. The van der Waals surface area contributed by atoms with Crippen molar-refractivity contribution in [3.8, 4) is 5.75 Å². The van der Waals surface area contributed by atoms with Crippen LogP contribution in [0.3, 0.4) is 0 Å². The highest BCUT2D eigenvalue weighted by Gasteiger charge is 2.56. The van der Waals surface area contributed by atoms with Gasteiger partial charge in [0.25, 0.3) is 0 Å². The fourth-order valence-electron chi connectivity index (χ4n) is 6.39. The largest absolute Gasteiger partial charge is 0.508 e. The maximum Gasteiger partial charge on any atom is 0.165 e. The summed E-state index contributed by atoms with van der Waals surface area (Å²) in [5, 5.41) is 14.4. The first kappa shape index (κ1) is 18.7. The fourth-order valence-corrected chi connectivity index (χ4v) is 6.39. The van der Waals surface area contributed by atoms with Gasteiger partial charge in [-0.05, 0) is 98.6 Å². The molecule has 1 N–H and O–H groups in total. The first-order valence-corrected chi connectivity index (χ1v) is 11.0. The van der Waals surface area contributed by atoms with E-state index in [2.05, 4.69) is 37.3 Å². The molecular weight excluding hydrogens is 360 g/mol. The average Bonchev–Trinajstić information content (AvgIpc) is 3.19. The number of aryl methyl sites for hydroxylation is 3. The molecule has 4 atom stereocenters. The zero-order chi connectivity index (χ0) is 20.3. The summed E-state index contributed by atoms with van der Waals surface area (Å²) in [6, 6.07) is 5.90. The van der Waals surface area contributed by atoms with Crippen molar-refractivity contribution in [1.82, 2.24) is 9.78 Å². The van der Waals surface area contributed by atoms with Gasteiger partial charge in [0.1, 0.15) is 5.75 Å². The molecule has 2 saturated carbocycles. The number of ketones is 1. The van der Waals surface area contributed by atoms with Gasteiger partial charge in [0.15, 0.2) is 5.78 Å². The summed E-state index contributed by atoms with van der Waals surface area (Å²) in [4.78, 5) is 13.5. The Balaban J connectivity index is 1.49. The topological polar surface area (TPSA) is 55.1 Å². The number of Topliss-reactive ketones (excluding diaryl/α,β-unsaturated/α-hetero) is 1. The van der Waals surface area contributed by atoms with Gasteiger partial charge in [-0.1, -0.05) is 13.0 Å². The number of carbonyl (C=O) groups is 1. The molecule has 1 aromatic heterocycles. The molecule has 2 fully saturated rings. The minimum Gasteiger partial charge on any atom is -0.508 e. The van der Waals surface area contributed by atoms with Crippen molar-refractivity contribution in [1.29, 1.82) is 0 Å². The van der Waals surface area contributed by atoms with Gasteiger partial charge in [-0.3, -0.25) is 9.48 Å². The Bertz CT molecular complexity index is 1020. The molecule has 0 bridgehead atoms. The lowest BCUT2D eigenvalue weighted by Gasteiger charge is -2.48. The van der Waals surface area contributed by atoms with Crippen LogP contribution in [0.1, 0.15) is 67.8 Å². The van der Waals surface area contributed by atoms with Crippen LogP contribution < -0.4 is 0 Å². The van der Waals surface area contributed by atoms with Crippen molar-refractivity contribution in [3.05, 3.63) is 52.4 Å². The van der Waals surface area contributed by atoms with Gasteiger partial charge >= 0.3 is 0 Å². The molecule has 0 saturated heterocycles. The Hall–Kier alpha value is -2.36. The fraction of sp³-hybridized carbons (Fsp3) is 0.520. The van der Waals surface area contributed by atoms with E-state index in [-0.39, 0.29) is 5.41 Å². The van der Waals surface area contributed by atoms with Crippen LogP contribution in [0.2, 0.25) is 0 Å². The van der Waals surface area contributed by atoms with Crippen LogP contribution in [0.25, 0.3) is 6.08 Å². The lowest BCUT2D eigenvalue weighted by Crippen LogP contribution is -2.42. The minimum atomic E-state index is -0.226. The van der Waals surface area contributed by atoms with Gasteiger partial charge in [-0.25, -0.2) is 0 Å². The number of phenols is 1. The number of hydrogen-bond donors (Lipinski definition) is 1. The summed E-state index contributed by atoms with van der Waals surface area (Å²) in [6.07, 6.45) is 9.22. The molecule has 5 rings (SSSR count). The standard InChI is InChI=1S/C25H30N2O2/c1-4-27-14-18(15(2)26-27)11-17-13-23-22-7-5-16-12-19(28)6-8-20(16)21(22)9-10-25(23,3)24(17)29/h6,8,11-12,14,21-23,28H,4-5,7,9-10,13H2,1-3H3/b17-11+/t21-,22+,23+,25-/m0/s1. The number of hydrogen-bond acceptors (Lipinski definition) is 3. The Morgan fingerprint density at radius 3 is 2.93 bits per heavy atom. The Labute approximate surface area is 172 Å². The molecule has 1 heterocycles. The smallest absolute Gasteiger partial charge is 0.165 e. The Morgan fingerprint density at radius 1 is 1.34 bits per heavy atom. The number of aromatic nitrogens is 2. The van der Waals surface area contributed by atoms with Crippen molar-refractivity contribution in [2.45, 2.75) is 65.3 Å².